The molecule has 1 heteroatoms. The number of hydrogen-bond acceptors (Lipinski definition) is 1. The van der Waals surface area contributed by atoms with Gasteiger partial charge >= 0.3 is 0 Å². The van der Waals surface area contributed by atoms with Crippen molar-refractivity contribution in [1.82, 2.24) is 4.98 Å². The molecule has 0 N–H and O–H groups in total. The van der Waals surface area contributed by atoms with Gasteiger partial charge in [0.25, 0.3) is 0 Å². The normalized spacial score (nSPS) is 11.3. The minimum absolute atomic E-state index is 0.499. The van der Waals surface area contributed by atoms with E-state index in [1.807, 2.05) is 12.3 Å². The molecule has 0 unspecified atom stereocenters. The van der Waals surface area contributed by atoms with Gasteiger partial charge in [-0.25, -0.2) is 0 Å². The van der Waals surface area contributed by atoms with Crippen molar-refractivity contribution < 1.29 is 0 Å². The number of nitrogens with zero attached hydrogens (tertiary/aromatic N) is 1. The molecule has 1 aromatic heterocycles. The summed E-state index contributed by atoms with van der Waals surface area (Å²) >= 11 is 0. The smallest absolute Gasteiger partial charge is 0.0736 e. The highest BCUT2D eigenvalue weighted by molar-refractivity contribution is 5.63. The van der Waals surface area contributed by atoms with Gasteiger partial charge in [0.2, 0.25) is 0 Å². The van der Waals surface area contributed by atoms with Crippen LogP contribution < -0.4 is 0 Å². The molecule has 0 radical (unpaired) electrons. The van der Waals surface area contributed by atoms with Crippen LogP contribution in [0.3, 0.4) is 0 Å². The molecule has 0 aliphatic rings. The van der Waals surface area contributed by atoms with Gasteiger partial charge in [-0.2, -0.15) is 0 Å². The molecule has 19 heavy (non-hydrogen) atoms. The quantitative estimate of drug-likeness (QED) is 0.741. The molecule has 2 rings (SSSR count). The summed E-state index contributed by atoms with van der Waals surface area (Å²) in [5, 5.41) is 0. The highest BCUT2D eigenvalue weighted by Gasteiger charge is 2.09. The SMILES string of the molecule is CC(C)Cc1ccc(-c2ncccc2C(C)C)cc1. The first-order chi connectivity index (χ1) is 9.08. The molecule has 0 saturated carbocycles. The molecule has 0 aliphatic heterocycles. The first-order valence-corrected chi connectivity index (χ1v) is 7.12. The fraction of sp³-hybridized carbons (Fsp3) is 0.389. The van der Waals surface area contributed by atoms with Crippen molar-refractivity contribution >= 4 is 0 Å². The van der Waals surface area contributed by atoms with Gasteiger partial charge in [0, 0.05) is 11.8 Å². The summed E-state index contributed by atoms with van der Waals surface area (Å²) in [5.41, 5.74) is 5.06. The van der Waals surface area contributed by atoms with Crippen molar-refractivity contribution in [3.05, 3.63) is 53.7 Å². The molecule has 0 spiro atoms. The van der Waals surface area contributed by atoms with Crippen LogP contribution in [-0.4, -0.2) is 4.98 Å². The molecular weight excluding hydrogens is 230 g/mol. The van der Waals surface area contributed by atoms with E-state index >= 15 is 0 Å². The van der Waals surface area contributed by atoms with Crippen LogP contribution in [0.5, 0.6) is 0 Å². The summed E-state index contributed by atoms with van der Waals surface area (Å²) < 4.78 is 0. The van der Waals surface area contributed by atoms with Gasteiger partial charge < -0.3 is 0 Å². The highest BCUT2D eigenvalue weighted by Crippen LogP contribution is 2.27. The van der Waals surface area contributed by atoms with Crippen molar-refractivity contribution in [3.63, 3.8) is 0 Å². The number of hydrogen-bond donors (Lipinski definition) is 0. The number of rotatable bonds is 4. The van der Waals surface area contributed by atoms with Gasteiger partial charge in [-0.3, -0.25) is 4.98 Å². The summed E-state index contributed by atoms with van der Waals surface area (Å²) in [6.45, 7) is 8.94. The fourth-order valence-electron chi connectivity index (χ4n) is 2.39. The van der Waals surface area contributed by atoms with Gasteiger partial charge in [-0.05, 0) is 35.4 Å². The zero-order valence-electron chi connectivity index (χ0n) is 12.4. The second-order valence-electron chi connectivity index (χ2n) is 5.89. The zero-order chi connectivity index (χ0) is 13.8. The number of pyridine rings is 1. The van der Waals surface area contributed by atoms with Crippen LogP contribution >= 0.6 is 0 Å². The second-order valence-corrected chi connectivity index (χ2v) is 5.89. The first kappa shape index (κ1) is 13.8. The van der Waals surface area contributed by atoms with Gasteiger partial charge in [0.05, 0.1) is 5.69 Å². The predicted octanol–water partition coefficient (Wildman–Crippen LogP) is 5.07. The van der Waals surface area contributed by atoms with E-state index in [0.717, 1.165) is 12.1 Å². The fourth-order valence-corrected chi connectivity index (χ4v) is 2.39. The molecule has 0 aliphatic carbocycles. The first-order valence-electron chi connectivity index (χ1n) is 7.12. The molecule has 2 aromatic rings. The molecule has 0 bridgehead atoms. The minimum atomic E-state index is 0.499. The van der Waals surface area contributed by atoms with Crippen LogP contribution in [0.4, 0.5) is 0 Å². The summed E-state index contributed by atoms with van der Waals surface area (Å²) in [5.74, 6) is 1.20. The summed E-state index contributed by atoms with van der Waals surface area (Å²) in [4.78, 5) is 4.56. The summed E-state index contributed by atoms with van der Waals surface area (Å²) in [6, 6.07) is 13.1. The van der Waals surface area contributed by atoms with E-state index in [0.29, 0.717) is 11.8 Å². The van der Waals surface area contributed by atoms with E-state index in [2.05, 4.69) is 63.0 Å². The Morgan fingerprint density at radius 2 is 1.63 bits per heavy atom. The maximum Gasteiger partial charge on any atom is 0.0736 e. The third kappa shape index (κ3) is 3.44. The van der Waals surface area contributed by atoms with Crippen molar-refractivity contribution in [2.45, 2.75) is 40.0 Å². The van der Waals surface area contributed by atoms with Crippen molar-refractivity contribution in [2.75, 3.05) is 0 Å². The summed E-state index contributed by atoms with van der Waals surface area (Å²) in [7, 11) is 0. The molecular formula is C18H23N. The Bertz CT molecular complexity index is 524. The lowest BCUT2D eigenvalue weighted by Crippen LogP contribution is -1.96. The van der Waals surface area contributed by atoms with Crippen molar-refractivity contribution in [2.24, 2.45) is 5.92 Å². The third-order valence-electron chi connectivity index (χ3n) is 3.33. The Balaban J connectivity index is 2.32. The average molecular weight is 253 g/mol. The largest absolute Gasteiger partial charge is 0.256 e. The number of aromatic nitrogens is 1. The van der Waals surface area contributed by atoms with E-state index in [9.17, 15) is 0 Å². The van der Waals surface area contributed by atoms with Crippen LogP contribution in [0.1, 0.15) is 44.7 Å². The van der Waals surface area contributed by atoms with Gasteiger partial charge in [0.1, 0.15) is 0 Å². The molecule has 0 saturated heterocycles. The van der Waals surface area contributed by atoms with Crippen LogP contribution in [-0.2, 0) is 6.42 Å². The van der Waals surface area contributed by atoms with E-state index in [1.54, 1.807) is 0 Å². The molecule has 0 atom stereocenters. The van der Waals surface area contributed by atoms with Crippen molar-refractivity contribution in [1.29, 1.82) is 0 Å². The molecule has 1 aromatic carbocycles. The van der Waals surface area contributed by atoms with E-state index in [1.165, 1.54) is 16.7 Å². The van der Waals surface area contributed by atoms with Crippen LogP contribution in [0, 0.1) is 5.92 Å². The summed E-state index contributed by atoms with van der Waals surface area (Å²) in [6.07, 6.45) is 3.02. The van der Waals surface area contributed by atoms with E-state index < -0.39 is 0 Å². The molecule has 0 amide bonds. The number of benzene rings is 1. The lowest BCUT2D eigenvalue weighted by atomic mass is 9.95. The monoisotopic (exact) mass is 253 g/mol. The van der Waals surface area contributed by atoms with Gasteiger partial charge in [0.15, 0.2) is 0 Å². The maximum atomic E-state index is 4.56. The molecule has 0 fully saturated rings. The van der Waals surface area contributed by atoms with E-state index in [4.69, 9.17) is 0 Å². The second kappa shape index (κ2) is 6.01. The Kier molecular flexibility index (Phi) is 4.36. The molecule has 1 heterocycles. The van der Waals surface area contributed by atoms with Gasteiger partial charge in [-0.1, -0.05) is 58.0 Å². The van der Waals surface area contributed by atoms with Crippen molar-refractivity contribution in [3.8, 4) is 11.3 Å². The Labute approximate surface area is 116 Å². The van der Waals surface area contributed by atoms with Gasteiger partial charge in [-0.15, -0.1) is 0 Å². The maximum absolute atomic E-state index is 4.56. The third-order valence-corrected chi connectivity index (χ3v) is 3.33. The van der Waals surface area contributed by atoms with Crippen LogP contribution in [0.2, 0.25) is 0 Å². The highest BCUT2D eigenvalue weighted by atomic mass is 14.7. The molecule has 100 valence electrons. The lowest BCUT2D eigenvalue weighted by Gasteiger charge is -2.12. The predicted molar refractivity (Wildman–Crippen MR) is 82.3 cm³/mol. The van der Waals surface area contributed by atoms with Crippen LogP contribution in [0.15, 0.2) is 42.6 Å². The topological polar surface area (TPSA) is 12.9 Å². The minimum Gasteiger partial charge on any atom is -0.256 e. The van der Waals surface area contributed by atoms with Crippen LogP contribution in [0.25, 0.3) is 11.3 Å². The lowest BCUT2D eigenvalue weighted by molar-refractivity contribution is 0.647. The zero-order valence-corrected chi connectivity index (χ0v) is 12.4. The Morgan fingerprint density at radius 3 is 2.21 bits per heavy atom. The van der Waals surface area contributed by atoms with E-state index in [-0.39, 0.29) is 0 Å². The Morgan fingerprint density at radius 1 is 0.947 bits per heavy atom. The Hall–Kier alpha value is -1.63. The molecule has 1 nitrogen and oxygen atoms in total. The standard InChI is InChI=1S/C18H23N/c1-13(2)12-15-7-9-16(10-8-15)18-17(14(3)4)6-5-11-19-18/h5-11,13-14H,12H2,1-4H3. The average Bonchev–Trinajstić information content (AvgIpc) is 2.39.